The molecular weight excluding hydrogens is 188 g/mol. The Morgan fingerprint density at radius 3 is 2.47 bits per heavy atom. The second kappa shape index (κ2) is 5.51. The normalized spacial score (nSPS) is 10.1. The summed E-state index contributed by atoms with van der Waals surface area (Å²) in [5.41, 5.74) is 2.53. The summed E-state index contributed by atoms with van der Waals surface area (Å²) in [5, 5.41) is 1.15. The van der Waals surface area contributed by atoms with Crippen molar-refractivity contribution in [2.75, 3.05) is 7.05 Å². The topological polar surface area (TPSA) is 46.3 Å². The van der Waals surface area contributed by atoms with Gasteiger partial charge in [0.05, 0.1) is 0 Å². The van der Waals surface area contributed by atoms with Gasteiger partial charge in [0, 0.05) is 13.5 Å². The second-order valence-electron chi connectivity index (χ2n) is 3.84. The maximum Gasteiger partial charge on any atom is 0.236 e. The number of hydrazine groups is 1. The third-order valence-corrected chi connectivity index (χ3v) is 2.37. The fraction of sp³-hybridized carbons (Fsp3) is 0.417. The largest absolute Gasteiger partial charge is 0.284 e. The van der Waals surface area contributed by atoms with Crippen LogP contribution in [0.25, 0.3) is 0 Å². The molecule has 3 nitrogen and oxygen atoms in total. The van der Waals surface area contributed by atoms with Crippen molar-refractivity contribution < 1.29 is 4.79 Å². The lowest BCUT2D eigenvalue weighted by molar-refractivity contribution is -0.130. The first kappa shape index (κ1) is 11.7. The lowest BCUT2D eigenvalue weighted by Gasteiger charge is -2.09. The summed E-state index contributed by atoms with van der Waals surface area (Å²) in [6, 6.07) is 8.39. The standard InChI is InChI=1S/C12H18N2O/c1-10-6-8-11(9-7-10)4-3-5-12(15)14(2)13/h6-9H,3-5,13H2,1-2H3. The van der Waals surface area contributed by atoms with E-state index in [4.69, 9.17) is 5.84 Å². The lowest BCUT2D eigenvalue weighted by atomic mass is 10.1. The SMILES string of the molecule is Cc1ccc(CCCC(=O)N(C)N)cc1. The van der Waals surface area contributed by atoms with Crippen molar-refractivity contribution in [3.8, 4) is 0 Å². The fourth-order valence-corrected chi connectivity index (χ4v) is 1.37. The molecule has 0 saturated heterocycles. The molecule has 0 fully saturated rings. The lowest BCUT2D eigenvalue weighted by Crippen LogP contribution is -2.32. The minimum absolute atomic E-state index is 0.0119. The van der Waals surface area contributed by atoms with Gasteiger partial charge in [-0.05, 0) is 25.3 Å². The van der Waals surface area contributed by atoms with Gasteiger partial charge >= 0.3 is 0 Å². The highest BCUT2D eigenvalue weighted by atomic mass is 16.2. The molecule has 0 heterocycles. The summed E-state index contributed by atoms with van der Waals surface area (Å²) < 4.78 is 0. The number of amides is 1. The van der Waals surface area contributed by atoms with E-state index in [0.717, 1.165) is 17.9 Å². The second-order valence-corrected chi connectivity index (χ2v) is 3.84. The molecule has 0 aromatic heterocycles. The van der Waals surface area contributed by atoms with E-state index in [-0.39, 0.29) is 5.91 Å². The van der Waals surface area contributed by atoms with Crippen LogP contribution in [0.1, 0.15) is 24.0 Å². The van der Waals surface area contributed by atoms with Gasteiger partial charge in [-0.2, -0.15) is 0 Å². The fourth-order valence-electron chi connectivity index (χ4n) is 1.37. The van der Waals surface area contributed by atoms with E-state index in [1.54, 1.807) is 7.05 Å². The van der Waals surface area contributed by atoms with E-state index in [0.29, 0.717) is 6.42 Å². The number of rotatable bonds is 4. The van der Waals surface area contributed by atoms with Crippen molar-refractivity contribution in [1.29, 1.82) is 0 Å². The third-order valence-electron chi connectivity index (χ3n) is 2.37. The molecule has 1 rings (SSSR count). The molecule has 1 aromatic rings. The summed E-state index contributed by atoms with van der Waals surface area (Å²) in [6.45, 7) is 2.07. The highest BCUT2D eigenvalue weighted by Gasteiger charge is 2.03. The van der Waals surface area contributed by atoms with Crippen molar-refractivity contribution in [1.82, 2.24) is 5.01 Å². The third kappa shape index (κ3) is 4.13. The van der Waals surface area contributed by atoms with Crippen molar-refractivity contribution in [3.05, 3.63) is 35.4 Å². The van der Waals surface area contributed by atoms with Gasteiger partial charge in [0.15, 0.2) is 0 Å². The van der Waals surface area contributed by atoms with Crippen LogP contribution in [0.3, 0.4) is 0 Å². The van der Waals surface area contributed by atoms with Gasteiger partial charge in [-0.25, -0.2) is 5.84 Å². The molecule has 0 aliphatic carbocycles. The number of aryl methyl sites for hydroxylation is 2. The zero-order chi connectivity index (χ0) is 11.3. The number of nitrogens with two attached hydrogens (primary N) is 1. The van der Waals surface area contributed by atoms with Crippen LogP contribution >= 0.6 is 0 Å². The predicted molar refractivity (Wildman–Crippen MR) is 61.1 cm³/mol. The van der Waals surface area contributed by atoms with E-state index in [1.807, 2.05) is 0 Å². The minimum atomic E-state index is -0.0119. The maximum absolute atomic E-state index is 11.2. The van der Waals surface area contributed by atoms with Crippen LogP contribution in [0.5, 0.6) is 0 Å². The van der Waals surface area contributed by atoms with Crippen LogP contribution < -0.4 is 5.84 Å². The van der Waals surface area contributed by atoms with E-state index < -0.39 is 0 Å². The quantitative estimate of drug-likeness (QED) is 0.462. The van der Waals surface area contributed by atoms with Gasteiger partial charge in [0.1, 0.15) is 0 Å². The number of hydrogen-bond acceptors (Lipinski definition) is 2. The molecule has 0 aliphatic heterocycles. The Labute approximate surface area is 90.9 Å². The number of nitrogens with zero attached hydrogens (tertiary/aromatic N) is 1. The van der Waals surface area contributed by atoms with Gasteiger partial charge in [-0.1, -0.05) is 29.8 Å². The van der Waals surface area contributed by atoms with Gasteiger partial charge in [0.25, 0.3) is 0 Å². The molecule has 0 atom stereocenters. The highest BCUT2D eigenvalue weighted by Crippen LogP contribution is 2.07. The highest BCUT2D eigenvalue weighted by molar-refractivity contribution is 5.75. The summed E-state index contributed by atoms with van der Waals surface area (Å²) in [6.07, 6.45) is 2.30. The molecule has 15 heavy (non-hydrogen) atoms. The Morgan fingerprint density at radius 2 is 1.93 bits per heavy atom. The first-order valence-corrected chi connectivity index (χ1v) is 5.16. The number of carbonyl (C=O) groups excluding carboxylic acids is 1. The smallest absolute Gasteiger partial charge is 0.236 e. The monoisotopic (exact) mass is 206 g/mol. The Morgan fingerprint density at radius 1 is 1.33 bits per heavy atom. The van der Waals surface area contributed by atoms with E-state index in [1.165, 1.54) is 11.1 Å². The van der Waals surface area contributed by atoms with E-state index in [2.05, 4.69) is 31.2 Å². The summed E-state index contributed by atoms with van der Waals surface area (Å²) in [4.78, 5) is 11.2. The van der Waals surface area contributed by atoms with Gasteiger partial charge < -0.3 is 0 Å². The minimum Gasteiger partial charge on any atom is -0.284 e. The van der Waals surface area contributed by atoms with Gasteiger partial charge in [0.2, 0.25) is 5.91 Å². The number of benzene rings is 1. The van der Waals surface area contributed by atoms with Gasteiger partial charge in [-0.3, -0.25) is 9.80 Å². The predicted octanol–water partition coefficient (Wildman–Crippen LogP) is 1.65. The average molecular weight is 206 g/mol. The van der Waals surface area contributed by atoms with E-state index in [9.17, 15) is 4.79 Å². The molecule has 0 spiro atoms. The first-order chi connectivity index (χ1) is 7.09. The average Bonchev–Trinajstić information content (AvgIpc) is 2.20. The van der Waals surface area contributed by atoms with Crippen LogP contribution in [0.4, 0.5) is 0 Å². The van der Waals surface area contributed by atoms with Crippen molar-refractivity contribution in [2.45, 2.75) is 26.2 Å². The molecule has 1 aromatic carbocycles. The van der Waals surface area contributed by atoms with Crippen molar-refractivity contribution in [2.24, 2.45) is 5.84 Å². The molecule has 0 saturated carbocycles. The first-order valence-electron chi connectivity index (χ1n) is 5.16. The van der Waals surface area contributed by atoms with Crippen molar-refractivity contribution >= 4 is 5.91 Å². The van der Waals surface area contributed by atoms with Crippen LogP contribution in [-0.4, -0.2) is 18.0 Å². The maximum atomic E-state index is 11.2. The van der Waals surface area contributed by atoms with Gasteiger partial charge in [-0.15, -0.1) is 0 Å². The zero-order valence-corrected chi connectivity index (χ0v) is 9.36. The number of carbonyl (C=O) groups is 1. The van der Waals surface area contributed by atoms with Crippen LogP contribution in [0, 0.1) is 6.92 Å². The molecular formula is C12H18N2O. The molecule has 3 heteroatoms. The van der Waals surface area contributed by atoms with Crippen LogP contribution in [0.2, 0.25) is 0 Å². The Balaban J connectivity index is 2.32. The Hall–Kier alpha value is -1.35. The van der Waals surface area contributed by atoms with E-state index >= 15 is 0 Å². The van der Waals surface area contributed by atoms with Crippen LogP contribution in [0.15, 0.2) is 24.3 Å². The molecule has 0 bridgehead atoms. The molecule has 0 unspecified atom stereocenters. The summed E-state index contributed by atoms with van der Waals surface area (Å²) in [7, 11) is 1.58. The molecule has 2 N–H and O–H groups in total. The Bertz CT molecular complexity index is 317. The summed E-state index contributed by atoms with van der Waals surface area (Å²) >= 11 is 0. The van der Waals surface area contributed by atoms with Crippen LogP contribution in [-0.2, 0) is 11.2 Å². The molecule has 82 valence electrons. The molecule has 1 amide bonds. The Kier molecular flexibility index (Phi) is 4.31. The molecule has 0 radical (unpaired) electrons. The summed E-state index contributed by atoms with van der Waals surface area (Å²) in [5.74, 6) is 5.31. The molecule has 0 aliphatic rings. The number of hydrogen-bond donors (Lipinski definition) is 1. The zero-order valence-electron chi connectivity index (χ0n) is 9.36. The van der Waals surface area contributed by atoms with Crippen molar-refractivity contribution in [3.63, 3.8) is 0 Å².